The summed E-state index contributed by atoms with van der Waals surface area (Å²) in [6.45, 7) is 3.08. The molecule has 0 aromatic heterocycles. The quantitative estimate of drug-likeness (QED) is 0.753. The molecule has 3 rings (SSSR count). The van der Waals surface area contributed by atoms with Crippen LogP contribution in [0.5, 0.6) is 17.2 Å². The highest BCUT2D eigenvalue weighted by Crippen LogP contribution is 2.32. The van der Waals surface area contributed by atoms with Gasteiger partial charge < -0.3 is 19.1 Å². The Morgan fingerprint density at radius 1 is 1.12 bits per heavy atom. The maximum absolute atomic E-state index is 12.4. The first-order valence-corrected chi connectivity index (χ1v) is 8.56. The summed E-state index contributed by atoms with van der Waals surface area (Å²) in [6, 6.07) is 10.5. The SMILES string of the molecule is CCN(Cc1ccc2c(c1)OCO2)C(=O)COc1cc(Cl)cc(Cl)c1. The molecule has 5 nitrogen and oxygen atoms in total. The minimum absolute atomic E-state index is 0.0882. The van der Waals surface area contributed by atoms with Gasteiger partial charge in [0.2, 0.25) is 6.79 Å². The summed E-state index contributed by atoms with van der Waals surface area (Å²) in [5.41, 5.74) is 0.963. The van der Waals surface area contributed by atoms with Gasteiger partial charge in [-0.2, -0.15) is 0 Å². The lowest BCUT2D eigenvalue weighted by Crippen LogP contribution is -2.34. The number of likely N-dealkylation sites (N-methyl/N-ethyl adjacent to an activating group) is 1. The molecule has 1 amide bonds. The second-order valence-electron chi connectivity index (χ2n) is 5.49. The molecule has 0 aliphatic carbocycles. The van der Waals surface area contributed by atoms with E-state index < -0.39 is 0 Å². The van der Waals surface area contributed by atoms with Crippen LogP contribution < -0.4 is 14.2 Å². The first-order chi connectivity index (χ1) is 12.0. The van der Waals surface area contributed by atoms with E-state index in [1.54, 1.807) is 23.1 Å². The van der Waals surface area contributed by atoms with Crippen LogP contribution in [-0.4, -0.2) is 30.8 Å². The van der Waals surface area contributed by atoms with Crippen LogP contribution >= 0.6 is 23.2 Å². The van der Waals surface area contributed by atoms with Crippen molar-refractivity contribution in [2.75, 3.05) is 19.9 Å². The van der Waals surface area contributed by atoms with Crippen molar-refractivity contribution in [1.82, 2.24) is 4.90 Å². The van der Waals surface area contributed by atoms with E-state index >= 15 is 0 Å². The molecule has 0 radical (unpaired) electrons. The number of ether oxygens (including phenoxy) is 3. The first kappa shape index (κ1) is 17.7. The van der Waals surface area contributed by atoms with Gasteiger partial charge in [0.15, 0.2) is 18.1 Å². The third-order valence-corrected chi connectivity index (χ3v) is 4.18. The molecule has 0 saturated heterocycles. The fourth-order valence-corrected chi connectivity index (χ4v) is 2.99. The molecule has 0 unspecified atom stereocenters. The van der Waals surface area contributed by atoms with Crippen molar-refractivity contribution in [2.45, 2.75) is 13.5 Å². The zero-order valence-electron chi connectivity index (χ0n) is 13.6. The number of amides is 1. The maximum atomic E-state index is 12.4. The number of fused-ring (bicyclic) bond motifs is 1. The van der Waals surface area contributed by atoms with Crippen LogP contribution in [0.2, 0.25) is 10.0 Å². The van der Waals surface area contributed by atoms with E-state index in [9.17, 15) is 4.79 Å². The minimum atomic E-state index is -0.128. The van der Waals surface area contributed by atoms with Gasteiger partial charge in [-0.3, -0.25) is 4.79 Å². The van der Waals surface area contributed by atoms with Crippen LogP contribution in [0.4, 0.5) is 0 Å². The summed E-state index contributed by atoms with van der Waals surface area (Å²) in [6.07, 6.45) is 0. The normalized spacial score (nSPS) is 12.1. The van der Waals surface area contributed by atoms with Gasteiger partial charge in [0, 0.05) is 23.1 Å². The number of halogens is 2. The van der Waals surface area contributed by atoms with Gasteiger partial charge in [-0.25, -0.2) is 0 Å². The van der Waals surface area contributed by atoms with E-state index in [-0.39, 0.29) is 19.3 Å². The van der Waals surface area contributed by atoms with Crippen LogP contribution in [0.15, 0.2) is 36.4 Å². The van der Waals surface area contributed by atoms with E-state index in [0.717, 1.165) is 11.3 Å². The molecule has 0 spiro atoms. The predicted molar refractivity (Wildman–Crippen MR) is 95.6 cm³/mol. The summed E-state index contributed by atoms with van der Waals surface area (Å²) in [4.78, 5) is 14.1. The Kier molecular flexibility index (Phi) is 5.56. The average Bonchev–Trinajstić information content (AvgIpc) is 3.04. The second kappa shape index (κ2) is 7.85. The minimum Gasteiger partial charge on any atom is -0.484 e. The lowest BCUT2D eigenvalue weighted by atomic mass is 10.2. The number of carbonyl (C=O) groups excluding carboxylic acids is 1. The van der Waals surface area contributed by atoms with Gasteiger partial charge in [0.1, 0.15) is 5.75 Å². The molecular weight excluding hydrogens is 365 g/mol. The van der Waals surface area contributed by atoms with Crippen molar-refractivity contribution < 1.29 is 19.0 Å². The lowest BCUT2D eigenvalue weighted by Gasteiger charge is -2.21. The first-order valence-electron chi connectivity index (χ1n) is 7.80. The number of carbonyl (C=O) groups is 1. The molecule has 0 fully saturated rings. The number of nitrogens with zero attached hydrogens (tertiary/aromatic N) is 1. The molecule has 0 saturated carbocycles. The Balaban J connectivity index is 1.61. The fraction of sp³-hybridized carbons (Fsp3) is 0.278. The molecule has 132 valence electrons. The molecular formula is C18H17Cl2NO4. The maximum Gasteiger partial charge on any atom is 0.260 e. The van der Waals surface area contributed by atoms with E-state index in [4.69, 9.17) is 37.4 Å². The molecule has 2 aromatic carbocycles. The van der Waals surface area contributed by atoms with Crippen molar-refractivity contribution in [3.63, 3.8) is 0 Å². The molecule has 1 aliphatic heterocycles. The molecule has 7 heteroatoms. The van der Waals surface area contributed by atoms with Crippen molar-refractivity contribution in [1.29, 1.82) is 0 Å². The number of hydrogen-bond acceptors (Lipinski definition) is 4. The second-order valence-corrected chi connectivity index (χ2v) is 6.36. The molecule has 0 N–H and O–H groups in total. The van der Waals surface area contributed by atoms with Crippen LogP contribution in [0.1, 0.15) is 12.5 Å². The Labute approximate surface area is 156 Å². The molecule has 0 bridgehead atoms. The van der Waals surface area contributed by atoms with Crippen LogP contribution in [0.25, 0.3) is 0 Å². The van der Waals surface area contributed by atoms with Gasteiger partial charge in [-0.1, -0.05) is 29.3 Å². The molecule has 25 heavy (non-hydrogen) atoms. The van der Waals surface area contributed by atoms with Crippen LogP contribution in [0, 0.1) is 0 Å². The van der Waals surface area contributed by atoms with Crippen molar-refractivity contribution >= 4 is 29.1 Å². The zero-order valence-corrected chi connectivity index (χ0v) is 15.1. The van der Waals surface area contributed by atoms with Gasteiger partial charge >= 0.3 is 0 Å². The summed E-state index contributed by atoms with van der Waals surface area (Å²) >= 11 is 11.9. The smallest absolute Gasteiger partial charge is 0.260 e. The Morgan fingerprint density at radius 3 is 2.56 bits per heavy atom. The number of hydrogen-bond donors (Lipinski definition) is 0. The highest BCUT2D eigenvalue weighted by atomic mass is 35.5. The van der Waals surface area contributed by atoms with E-state index in [1.165, 1.54) is 0 Å². The highest BCUT2D eigenvalue weighted by molar-refractivity contribution is 6.34. The van der Waals surface area contributed by atoms with E-state index in [2.05, 4.69) is 0 Å². The van der Waals surface area contributed by atoms with Crippen molar-refractivity contribution in [3.05, 3.63) is 52.0 Å². The summed E-state index contributed by atoms with van der Waals surface area (Å²) in [5.74, 6) is 1.76. The standard InChI is InChI=1S/C18H17Cl2NO4/c1-2-21(9-12-3-4-16-17(5-12)25-11-24-16)18(22)10-23-15-7-13(19)6-14(20)8-15/h3-8H,2,9-11H2,1H3. The summed E-state index contributed by atoms with van der Waals surface area (Å²) < 4.78 is 16.2. The third-order valence-electron chi connectivity index (χ3n) is 3.74. The molecule has 2 aromatic rings. The molecule has 1 aliphatic rings. The Hall–Kier alpha value is -2.11. The molecule has 1 heterocycles. The van der Waals surface area contributed by atoms with Gasteiger partial charge in [0.05, 0.1) is 0 Å². The number of rotatable bonds is 6. The van der Waals surface area contributed by atoms with Crippen molar-refractivity contribution in [2.24, 2.45) is 0 Å². The Morgan fingerprint density at radius 2 is 1.84 bits per heavy atom. The van der Waals surface area contributed by atoms with Crippen LogP contribution in [-0.2, 0) is 11.3 Å². The zero-order chi connectivity index (χ0) is 17.8. The van der Waals surface area contributed by atoms with E-state index in [0.29, 0.717) is 34.6 Å². The van der Waals surface area contributed by atoms with Gasteiger partial charge in [0.25, 0.3) is 5.91 Å². The van der Waals surface area contributed by atoms with Gasteiger partial charge in [-0.05, 0) is 42.8 Å². The topological polar surface area (TPSA) is 48.0 Å². The summed E-state index contributed by atoms with van der Waals surface area (Å²) in [5, 5.41) is 0.922. The monoisotopic (exact) mass is 381 g/mol. The lowest BCUT2D eigenvalue weighted by molar-refractivity contribution is -0.133. The molecule has 0 atom stereocenters. The summed E-state index contributed by atoms with van der Waals surface area (Å²) in [7, 11) is 0. The number of benzene rings is 2. The Bertz CT molecular complexity index is 761. The van der Waals surface area contributed by atoms with Crippen molar-refractivity contribution in [3.8, 4) is 17.2 Å². The predicted octanol–water partition coefficient (Wildman–Crippen LogP) is 4.15. The van der Waals surface area contributed by atoms with Gasteiger partial charge in [-0.15, -0.1) is 0 Å². The van der Waals surface area contributed by atoms with Crippen LogP contribution in [0.3, 0.4) is 0 Å². The average molecular weight is 382 g/mol. The fourth-order valence-electron chi connectivity index (χ4n) is 2.48. The third kappa shape index (κ3) is 4.50. The highest BCUT2D eigenvalue weighted by Gasteiger charge is 2.17. The van der Waals surface area contributed by atoms with E-state index in [1.807, 2.05) is 25.1 Å². The largest absolute Gasteiger partial charge is 0.484 e.